The van der Waals surface area contributed by atoms with Gasteiger partial charge in [0.25, 0.3) is 0 Å². The van der Waals surface area contributed by atoms with Crippen molar-refractivity contribution in [2.45, 2.75) is 77.2 Å². The zero-order valence-electron chi connectivity index (χ0n) is 17.4. The molecule has 0 aromatic rings. The normalized spacial score (nSPS) is 11.9. The van der Waals surface area contributed by atoms with Crippen LogP contribution in [0.1, 0.15) is 71.1 Å². The van der Waals surface area contributed by atoms with E-state index in [1.807, 2.05) is 0 Å². The van der Waals surface area contributed by atoms with Gasteiger partial charge in [0.15, 0.2) is 0 Å². The maximum absolute atomic E-state index is 10.3. The van der Waals surface area contributed by atoms with Gasteiger partial charge in [0.1, 0.15) is 6.10 Å². The van der Waals surface area contributed by atoms with Crippen LogP contribution in [0.3, 0.4) is 0 Å². The Morgan fingerprint density at radius 1 is 0.750 bits per heavy atom. The second-order valence-corrected chi connectivity index (χ2v) is 6.39. The number of carbonyl (C=O) groups is 1. The van der Waals surface area contributed by atoms with E-state index in [4.69, 9.17) is 20.4 Å². The molecule has 5 nitrogen and oxygen atoms in total. The van der Waals surface area contributed by atoms with E-state index >= 15 is 0 Å². The Labute approximate surface area is 170 Å². The summed E-state index contributed by atoms with van der Waals surface area (Å²) in [5.74, 6) is -0.712. The van der Waals surface area contributed by atoms with Crippen LogP contribution in [0.4, 0.5) is 0 Å². The number of rotatable bonds is 16. The average Bonchev–Trinajstić information content (AvgIpc) is 2.70. The van der Waals surface area contributed by atoms with Crippen molar-refractivity contribution < 1.29 is 25.2 Å². The first kappa shape index (κ1) is 28.5. The molecule has 0 aliphatic rings. The van der Waals surface area contributed by atoms with Crippen molar-refractivity contribution in [3.63, 3.8) is 0 Å². The molecule has 0 bridgehead atoms. The highest BCUT2D eigenvalue weighted by Crippen LogP contribution is 2.01. The number of aliphatic carboxylic acids is 1. The molecule has 28 heavy (non-hydrogen) atoms. The molecular formula is C23H40O5. The maximum atomic E-state index is 10.3. The van der Waals surface area contributed by atoms with Crippen LogP contribution in [0.5, 0.6) is 0 Å². The zero-order valence-corrected chi connectivity index (χ0v) is 17.4. The number of carboxylic acids is 1. The molecule has 0 heterocycles. The monoisotopic (exact) mass is 396 g/mol. The third-order valence-corrected chi connectivity index (χ3v) is 3.64. The van der Waals surface area contributed by atoms with Crippen LogP contribution >= 0.6 is 0 Å². The fourth-order valence-corrected chi connectivity index (χ4v) is 1.99. The Morgan fingerprint density at radius 2 is 1.18 bits per heavy atom. The third kappa shape index (κ3) is 29.1. The van der Waals surface area contributed by atoms with E-state index in [1.165, 1.54) is 25.7 Å². The van der Waals surface area contributed by atoms with Gasteiger partial charge in [0.2, 0.25) is 0 Å². The van der Waals surface area contributed by atoms with Crippen LogP contribution in [-0.2, 0) is 4.79 Å². The molecule has 0 aliphatic heterocycles. The Balaban J connectivity index is 0. The fourth-order valence-electron chi connectivity index (χ4n) is 1.99. The number of hydrogen-bond acceptors (Lipinski definition) is 4. The minimum Gasteiger partial charge on any atom is -0.481 e. The van der Waals surface area contributed by atoms with Crippen molar-refractivity contribution in [1.82, 2.24) is 0 Å². The smallest absolute Gasteiger partial charge is 0.303 e. The molecule has 0 radical (unpaired) electrons. The second-order valence-electron chi connectivity index (χ2n) is 6.39. The highest BCUT2D eigenvalue weighted by atomic mass is 16.4. The van der Waals surface area contributed by atoms with E-state index in [-0.39, 0.29) is 19.6 Å². The van der Waals surface area contributed by atoms with Gasteiger partial charge in [-0.15, -0.1) is 0 Å². The Morgan fingerprint density at radius 3 is 1.54 bits per heavy atom. The molecule has 0 aliphatic carbocycles. The maximum Gasteiger partial charge on any atom is 0.303 e. The van der Waals surface area contributed by atoms with Gasteiger partial charge in [-0.25, -0.2) is 0 Å². The minimum absolute atomic E-state index is 0.262. The van der Waals surface area contributed by atoms with E-state index in [9.17, 15) is 4.79 Å². The van der Waals surface area contributed by atoms with Gasteiger partial charge in [-0.05, 0) is 44.9 Å². The molecule has 0 unspecified atom stereocenters. The topological polar surface area (TPSA) is 98.0 Å². The molecule has 4 N–H and O–H groups in total. The van der Waals surface area contributed by atoms with Gasteiger partial charge in [-0.2, -0.15) is 0 Å². The predicted molar refractivity (Wildman–Crippen MR) is 116 cm³/mol. The molecule has 0 fully saturated rings. The number of carboxylic acid groups (broad SMARTS) is 1. The summed E-state index contributed by atoms with van der Waals surface area (Å²) in [4.78, 5) is 10.3. The van der Waals surface area contributed by atoms with E-state index in [1.54, 1.807) is 0 Å². The number of aliphatic hydroxyl groups excluding tert-OH is 3. The van der Waals surface area contributed by atoms with Crippen molar-refractivity contribution in [3.05, 3.63) is 48.6 Å². The molecule has 0 aromatic carbocycles. The van der Waals surface area contributed by atoms with Gasteiger partial charge in [0, 0.05) is 6.42 Å². The SMILES string of the molecule is CCCCC/C=C\C/C=C\C/C=C\C/C=C\CCCC(=O)O.OCC(O)CO. The zero-order chi connectivity index (χ0) is 21.3. The van der Waals surface area contributed by atoms with Crippen LogP contribution in [-0.4, -0.2) is 45.7 Å². The van der Waals surface area contributed by atoms with Crippen LogP contribution in [0.2, 0.25) is 0 Å². The van der Waals surface area contributed by atoms with E-state index < -0.39 is 12.1 Å². The summed E-state index contributed by atoms with van der Waals surface area (Å²) in [6.07, 6.45) is 26.4. The van der Waals surface area contributed by atoms with Crippen molar-refractivity contribution in [2.24, 2.45) is 0 Å². The summed E-state index contributed by atoms with van der Waals surface area (Å²) in [6.45, 7) is 1.50. The van der Waals surface area contributed by atoms with Gasteiger partial charge < -0.3 is 20.4 Å². The average molecular weight is 397 g/mol. The summed E-state index contributed by atoms with van der Waals surface area (Å²) >= 11 is 0. The van der Waals surface area contributed by atoms with Crippen molar-refractivity contribution in [3.8, 4) is 0 Å². The summed E-state index contributed by atoms with van der Waals surface area (Å²) < 4.78 is 0. The lowest BCUT2D eigenvalue weighted by atomic mass is 10.2. The van der Waals surface area contributed by atoms with Crippen molar-refractivity contribution in [2.75, 3.05) is 13.2 Å². The summed E-state index contributed by atoms with van der Waals surface area (Å²) in [5.41, 5.74) is 0. The second kappa shape index (κ2) is 25.3. The Hall–Kier alpha value is -1.69. The van der Waals surface area contributed by atoms with Crippen LogP contribution in [0.25, 0.3) is 0 Å². The standard InChI is InChI=1S/C20H32O2.C3H8O3/c1-2-3-4-5-6-7-8-9-10-11-12-13-14-15-16-17-18-19-20(21)22;4-1-3(6)2-5/h6-7,9-10,12-13,15-16H,2-5,8,11,14,17-19H2,1H3,(H,21,22);3-6H,1-2H2/b7-6-,10-9-,13-12-,16-15-;. The lowest BCUT2D eigenvalue weighted by Crippen LogP contribution is -2.15. The lowest BCUT2D eigenvalue weighted by Gasteiger charge is -1.96. The van der Waals surface area contributed by atoms with Crippen LogP contribution in [0, 0.1) is 0 Å². The molecule has 0 atom stereocenters. The highest BCUT2D eigenvalue weighted by molar-refractivity contribution is 5.66. The Kier molecular flexibility index (Phi) is 25.8. The number of unbranched alkanes of at least 4 members (excludes halogenated alkanes) is 4. The molecule has 0 spiro atoms. The molecule has 162 valence electrons. The van der Waals surface area contributed by atoms with Gasteiger partial charge in [-0.3, -0.25) is 4.79 Å². The van der Waals surface area contributed by atoms with Crippen molar-refractivity contribution >= 4 is 5.97 Å². The van der Waals surface area contributed by atoms with Crippen LogP contribution < -0.4 is 0 Å². The van der Waals surface area contributed by atoms with Crippen molar-refractivity contribution in [1.29, 1.82) is 0 Å². The molecular weight excluding hydrogens is 356 g/mol. The number of hydrogen-bond donors (Lipinski definition) is 4. The summed E-state index contributed by atoms with van der Waals surface area (Å²) in [5, 5.41) is 32.5. The van der Waals surface area contributed by atoms with Crippen LogP contribution in [0.15, 0.2) is 48.6 Å². The van der Waals surface area contributed by atoms with Gasteiger partial charge in [-0.1, -0.05) is 68.4 Å². The first-order valence-corrected chi connectivity index (χ1v) is 10.3. The molecule has 0 amide bonds. The Bertz CT molecular complexity index is 434. The predicted octanol–water partition coefficient (Wildman–Crippen LogP) is 4.55. The summed E-state index contributed by atoms with van der Waals surface area (Å²) in [6, 6.07) is 0. The first-order chi connectivity index (χ1) is 13.6. The lowest BCUT2D eigenvalue weighted by molar-refractivity contribution is -0.137. The summed E-state index contributed by atoms with van der Waals surface area (Å²) in [7, 11) is 0. The van der Waals surface area contributed by atoms with E-state index in [2.05, 4.69) is 55.5 Å². The molecule has 0 saturated carbocycles. The fraction of sp³-hybridized carbons (Fsp3) is 0.609. The molecule has 5 heteroatoms. The van der Waals surface area contributed by atoms with Gasteiger partial charge in [0.05, 0.1) is 13.2 Å². The molecule has 0 saturated heterocycles. The minimum atomic E-state index is -0.954. The van der Waals surface area contributed by atoms with Gasteiger partial charge >= 0.3 is 5.97 Å². The number of allylic oxidation sites excluding steroid dienone is 8. The molecule has 0 aromatic heterocycles. The van der Waals surface area contributed by atoms with E-state index in [0.717, 1.165) is 32.1 Å². The van der Waals surface area contributed by atoms with E-state index in [0.29, 0.717) is 0 Å². The first-order valence-electron chi connectivity index (χ1n) is 10.3. The number of aliphatic hydroxyl groups is 3. The highest BCUT2D eigenvalue weighted by Gasteiger charge is 1.94. The largest absolute Gasteiger partial charge is 0.481 e. The third-order valence-electron chi connectivity index (χ3n) is 3.64. The quantitative estimate of drug-likeness (QED) is 0.227. The molecule has 0 rings (SSSR count).